The lowest BCUT2D eigenvalue weighted by atomic mass is 10.0. The van der Waals surface area contributed by atoms with E-state index >= 15 is 0 Å². The van der Waals surface area contributed by atoms with Gasteiger partial charge < -0.3 is 10.5 Å². The molecule has 2 N–H and O–H groups in total. The number of benzene rings is 1. The summed E-state index contributed by atoms with van der Waals surface area (Å²) in [5.41, 5.74) is 7.09. The third-order valence-corrected chi connectivity index (χ3v) is 2.30. The summed E-state index contributed by atoms with van der Waals surface area (Å²) in [6.07, 6.45) is 0.110. The van der Waals surface area contributed by atoms with E-state index in [1.165, 1.54) is 6.07 Å². The highest BCUT2D eigenvalue weighted by molar-refractivity contribution is 5.85. The molecule has 3 nitrogen and oxygen atoms in total. The Labute approximate surface area is 107 Å². The molecule has 0 aromatic heterocycles. The second kappa shape index (κ2) is 7.25. The van der Waals surface area contributed by atoms with E-state index < -0.39 is 6.04 Å². The average molecular weight is 262 g/mol. The van der Waals surface area contributed by atoms with Crippen LogP contribution in [-0.2, 0) is 9.53 Å². The molecule has 96 valence electrons. The van der Waals surface area contributed by atoms with Crippen LogP contribution in [-0.4, -0.2) is 12.6 Å². The second-order valence-corrected chi connectivity index (χ2v) is 3.62. The molecule has 0 heterocycles. The summed E-state index contributed by atoms with van der Waals surface area (Å²) in [5, 5.41) is 0. The zero-order chi connectivity index (χ0) is 12.1. The van der Waals surface area contributed by atoms with E-state index in [4.69, 9.17) is 10.5 Å². The molecular weight excluding hydrogens is 245 g/mol. The van der Waals surface area contributed by atoms with Gasteiger partial charge in [-0.05, 0) is 31.0 Å². The first-order valence-electron chi connectivity index (χ1n) is 5.21. The Hall–Kier alpha value is -1.13. The maximum atomic E-state index is 13.0. The van der Waals surface area contributed by atoms with Gasteiger partial charge in [0, 0.05) is 6.04 Å². The van der Waals surface area contributed by atoms with Crippen molar-refractivity contribution in [3.8, 4) is 0 Å². The van der Waals surface area contributed by atoms with Crippen molar-refractivity contribution in [1.29, 1.82) is 0 Å². The van der Waals surface area contributed by atoms with Gasteiger partial charge in [0.2, 0.25) is 0 Å². The van der Waals surface area contributed by atoms with Gasteiger partial charge in [-0.25, -0.2) is 4.39 Å². The van der Waals surface area contributed by atoms with Gasteiger partial charge in [-0.15, -0.1) is 12.4 Å². The van der Waals surface area contributed by atoms with Gasteiger partial charge >= 0.3 is 5.97 Å². The van der Waals surface area contributed by atoms with Crippen LogP contribution < -0.4 is 5.73 Å². The highest BCUT2D eigenvalue weighted by atomic mass is 35.5. The largest absolute Gasteiger partial charge is 0.466 e. The summed E-state index contributed by atoms with van der Waals surface area (Å²) >= 11 is 0. The van der Waals surface area contributed by atoms with Crippen molar-refractivity contribution in [2.24, 2.45) is 5.73 Å². The van der Waals surface area contributed by atoms with Crippen LogP contribution in [0.1, 0.15) is 30.5 Å². The van der Waals surface area contributed by atoms with Crippen LogP contribution in [0.25, 0.3) is 0 Å². The van der Waals surface area contributed by atoms with Crippen molar-refractivity contribution in [2.75, 3.05) is 6.61 Å². The Balaban J connectivity index is 0.00000256. The number of carbonyl (C=O) groups excluding carboxylic acids is 1. The molecular formula is C12H17ClFNO2. The fourth-order valence-corrected chi connectivity index (χ4v) is 1.42. The predicted octanol–water partition coefficient (Wildman–Crippen LogP) is 2.51. The second-order valence-electron chi connectivity index (χ2n) is 3.62. The van der Waals surface area contributed by atoms with E-state index in [1.807, 2.05) is 0 Å². The van der Waals surface area contributed by atoms with E-state index in [2.05, 4.69) is 0 Å². The quantitative estimate of drug-likeness (QED) is 0.848. The monoisotopic (exact) mass is 261 g/mol. The minimum absolute atomic E-state index is 0. The summed E-state index contributed by atoms with van der Waals surface area (Å²) in [7, 11) is 0. The molecule has 0 amide bonds. The lowest BCUT2D eigenvalue weighted by Gasteiger charge is -2.12. The zero-order valence-electron chi connectivity index (χ0n) is 9.90. The van der Waals surface area contributed by atoms with Gasteiger partial charge in [-0.3, -0.25) is 4.79 Å². The number of aryl methyl sites for hydroxylation is 1. The predicted molar refractivity (Wildman–Crippen MR) is 66.6 cm³/mol. The lowest BCUT2D eigenvalue weighted by molar-refractivity contribution is -0.143. The highest BCUT2D eigenvalue weighted by Gasteiger charge is 2.13. The van der Waals surface area contributed by atoms with Crippen LogP contribution >= 0.6 is 12.4 Å². The number of nitrogens with two attached hydrogens (primary N) is 1. The molecule has 0 aliphatic rings. The van der Waals surface area contributed by atoms with E-state index in [-0.39, 0.29) is 30.6 Å². The Bertz CT molecular complexity index is 385. The van der Waals surface area contributed by atoms with Crippen LogP contribution in [0.4, 0.5) is 4.39 Å². The number of rotatable bonds is 4. The smallest absolute Gasteiger partial charge is 0.307 e. The maximum absolute atomic E-state index is 13.0. The molecule has 0 aliphatic heterocycles. The van der Waals surface area contributed by atoms with Crippen molar-refractivity contribution < 1.29 is 13.9 Å². The van der Waals surface area contributed by atoms with E-state index in [9.17, 15) is 9.18 Å². The molecule has 5 heteroatoms. The van der Waals surface area contributed by atoms with Crippen LogP contribution in [0.5, 0.6) is 0 Å². The molecule has 0 radical (unpaired) electrons. The minimum Gasteiger partial charge on any atom is -0.466 e. The standard InChI is InChI=1S/C12H16FNO2.ClH/c1-3-16-12(15)7-11(14)9-4-5-10(13)8(2)6-9;/h4-6,11H,3,7,14H2,1-2H3;1H/t11-;/m0./s1. The van der Waals surface area contributed by atoms with E-state index in [0.29, 0.717) is 12.2 Å². The molecule has 0 spiro atoms. The topological polar surface area (TPSA) is 52.3 Å². The van der Waals surface area contributed by atoms with Gasteiger partial charge in [-0.2, -0.15) is 0 Å². The Morgan fingerprint density at radius 3 is 2.71 bits per heavy atom. The number of hydrogen-bond donors (Lipinski definition) is 1. The van der Waals surface area contributed by atoms with E-state index in [1.54, 1.807) is 26.0 Å². The van der Waals surface area contributed by atoms with Crippen LogP contribution in [0.2, 0.25) is 0 Å². The lowest BCUT2D eigenvalue weighted by Crippen LogP contribution is -2.17. The zero-order valence-corrected chi connectivity index (χ0v) is 10.7. The molecule has 0 aliphatic carbocycles. The van der Waals surface area contributed by atoms with Crippen molar-refractivity contribution in [3.63, 3.8) is 0 Å². The van der Waals surface area contributed by atoms with Gasteiger partial charge in [0.05, 0.1) is 13.0 Å². The molecule has 0 saturated heterocycles. The first kappa shape index (κ1) is 15.9. The molecule has 1 aromatic carbocycles. The van der Waals surface area contributed by atoms with Crippen LogP contribution in [0.15, 0.2) is 18.2 Å². The third kappa shape index (κ3) is 4.71. The fourth-order valence-electron chi connectivity index (χ4n) is 1.42. The molecule has 1 rings (SSSR count). The Kier molecular flexibility index (Phi) is 6.76. The van der Waals surface area contributed by atoms with Gasteiger partial charge in [0.1, 0.15) is 5.82 Å². The Morgan fingerprint density at radius 1 is 1.53 bits per heavy atom. The summed E-state index contributed by atoms with van der Waals surface area (Å²) in [5.74, 6) is -0.607. The first-order chi connectivity index (χ1) is 7.54. The van der Waals surface area contributed by atoms with E-state index in [0.717, 1.165) is 5.56 Å². The minimum atomic E-state index is -0.446. The summed E-state index contributed by atoms with van der Waals surface area (Å²) in [6.45, 7) is 3.75. The Morgan fingerprint density at radius 2 is 2.18 bits per heavy atom. The number of ether oxygens (including phenoxy) is 1. The SMILES string of the molecule is CCOC(=O)C[C@H](N)c1ccc(F)c(C)c1.Cl. The summed E-state index contributed by atoms with van der Waals surface area (Å²) < 4.78 is 17.8. The van der Waals surface area contributed by atoms with Gasteiger partial charge in [-0.1, -0.05) is 12.1 Å². The van der Waals surface area contributed by atoms with Crippen LogP contribution in [0, 0.1) is 12.7 Å². The van der Waals surface area contributed by atoms with Crippen molar-refractivity contribution in [2.45, 2.75) is 26.3 Å². The van der Waals surface area contributed by atoms with Crippen molar-refractivity contribution in [3.05, 3.63) is 35.1 Å². The molecule has 1 atom stereocenters. The average Bonchev–Trinajstić information content (AvgIpc) is 2.22. The maximum Gasteiger partial charge on any atom is 0.307 e. The summed E-state index contributed by atoms with van der Waals surface area (Å²) in [6, 6.07) is 4.15. The van der Waals surface area contributed by atoms with Crippen LogP contribution in [0.3, 0.4) is 0 Å². The highest BCUT2D eigenvalue weighted by Crippen LogP contribution is 2.17. The first-order valence-corrected chi connectivity index (χ1v) is 5.21. The molecule has 0 unspecified atom stereocenters. The van der Waals surface area contributed by atoms with Crippen molar-refractivity contribution in [1.82, 2.24) is 0 Å². The van der Waals surface area contributed by atoms with Crippen molar-refractivity contribution >= 4 is 18.4 Å². The normalized spacial score (nSPS) is 11.5. The number of carbonyl (C=O) groups is 1. The number of halogens is 2. The third-order valence-electron chi connectivity index (χ3n) is 2.30. The van der Waals surface area contributed by atoms with Gasteiger partial charge in [0.15, 0.2) is 0 Å². The van der Waals surface area contributed by atoms with Gasteiger partial charge in [0.25, 0.3) is 0 Å². The summed E-state index contributed by atoms with van der Waals surface area (Å²) in [4.78, 5) is 11.2. The number of esters is 1. The number of hydrogen-bond acceptors (Lipinski definition) is 3. The molecule has 17 heavy (non-hydrogen) atoms. The fraction of sp³-hybridized carbons (Fsp3) is 0.417. The molecule has 0 saturated carbocycles. The molecule has 0 fully saturated rings. The molecule has 1 aromatic rings. The molecule has 0 bridgehead atoms.